The van der Waals surface area contributed by atoms with Crippen molar-refractivity contribution < 1.29 is 4.74 Å². The van der Waals surface area contributed by atoms with Crippen LogP contribution < -0.4 is 10.1 Å². The van der Waals surface area contributed by atoms with Crippen LogP contribution in [-0.4, -0.2) is 18.6 Å². The zero-order valence-electron chi connectivity index (χ0n) is 12.7. The number of pyridine rings is 1. The number of nitrogens with one attached hydrogen (secondary N) is 1. The number of aromatic nitrogens is 1. The number of nitrogens with zero attached hydrogens (tertiary/aromatic N) is 1. The quantitative estimate of drug-likeness (QED) is 0.914. The van der Waals surface area contributed by atoms with Gasteiger partial charge >= 0.3 is 0 Å². The Kier molecular flexibility index (Phi) is 4.20. The molecule has 0 saturated heterocycles. The summed E-state index contributed by atoms with van der Waals surface area (Å²) in [7, 11) is 2.02. The maximum Gasteiger partial charge on any atom is 0.122 e. The standard InChI is InChI=1S/C18H22N2O/c1-13-7-9-20-12-16(13)17(19-2)5-3-14-4-6-18-15(11-14)8-10-21-18/h4,6-7,9,11-12,17,19H,3,5,8,10H2,1-2H3. The van der Waals surface area contributed by atoms with E-state index >= 15 is 0 Å². The maximum atomic E-state index is 5.56. The summed E-state index contributed by atoms with van der Waals surface area (Å²) in [4.78, 5) is 4.26. The van der Waals surface area contributed by atoms with Crippen LogP contribution in [0.3, 0.4) is 0 Å². The molecule has 1 aliphatic rings. The molecule has 0 radical (unpaired) electrons. The van der Waals surface area contributed by atoms with Gasteiger partial charge in [-0.15, -0.1) is 0 Å². The zero-order chi connectivity index (χ0) is 14.7. The summed E-state index contributed by atoms with van der Waals surface area (Å²) in [6.07, 6.45) is 7.01. The topological polar surface area (TPSA) is 34.1 Å². The molecule has 110 valence electrons. The second-order valence-corrected chi connectivity index (χ2v) is 5.65. The van der Waals surface area contributed by atoms with Crippen molar-refractivity contribution >= 4 is 0 Å². The fraction of sp³-hybridized carbons (Fsp3) is 0.389. The van der Waals surface area contributed by atoms with Crippen LogP contribution in [-0.2, 0) is 12.8 Å². The monoisotopic (exact) mass is 282 g/mol. The molecule has 2 heterocycles. The first-order chi connectivity index (χ1) is 10.3. The van der Waals surface area contributed by atoms with E-state index in [-0.39, 0.29) is 0 Å². The predicted molar refractivity (Wildman–Crippen MR) is 84.7 cm³/mol. The Hall–Kier alpha value is -1.87. The Morgan fingerprint density at radius 2 is 2.24 bits per heavy atom. The van der Waals surface area contributed by atoms with E-state index in [0.717, 1.165) is 31.6 Å². The number of aryl methyl sites for hydroxylation is 2. The van der Waals surface area contributed by atoms with Gasteiger partial charge in [0.15, 0.2) is 0 Å². The van der Waals surface area contributed by atoms with Crippen molar-refractivity contribution in [2.24, 2.45) is 0 Å². The molecular formula is C18H22N2O. The SMILES string of the molecule is CNC(CCc1ccc2c(c1)CCO2)c1cnccc1C. The smallest absolute Gasteiger partial charge is 0.122 e. The molecule has 2 aromatic rings. The van der Waals surface area contributed by atoms with Crippen LogP contribution in [0.25, 0.3) is 0 Å². The molecule has 1 unspecified atom stereocenters. The van der Waals surface area contributed by atoms with Gasteiger partial charge < -0.3 is 10.1 Å². The highest BCUT2D eigenvalue weighted by atomic mass is 16.5. The zero-order valence-corrected chi connectivity index (χ0v) is 12.7. The minimum Gasteiger partial charge on any atom is -0.493 e. The number of benzene rings is 1. The van der Waals surface area contributed by atoms with Crippen LogP contribution in [0.2, 0.25) is 0 Å². The molecule has 1 atom stereocenters. The highest BCUT2D eigenvalue weighted by Gasteiger charge is 2.14. The Labute approximate surface area is 126 Å². The molecule has 21 heavy (non-hydrogen) atoms. The molecule has 3 heteroatoms. The lowest BCUT2D eigenvalue weighted by Crippen LogP contribution is -2.18. The van der Waals surface area contributed by atoms with Crippen molar-refractivity contribution in [3.8, 4) is 5.75 Å². The van der Waals surface area contributed by atoms with Gasteiger partial charge in [0.1, 0.15) is 5.75 Å². The van der Waals surface area contributed by atoms with Crippen LogP contribution in [0, 0.1) is 6.92 Å². The van der Waals surface area contributed by atoms with Crippen LogP contribution in [0.15, 0.2) is 36.7 Å². The van der Waals surface area contributed by atoms with E-state index in [4.69, 9.17) is 4.74 Å². The molecular weight excluding hydrogens is 260 g/mol. The molecule has 1 aromatic heterocycles. The van der Waals surface area contributed by atoms with Crippen molar-refractivity contribution in [3.63, 3.8) is 0 Å². The van der Waals surface area contributed by atoms with Gasteiger partial charge in [-0.05, 0) is 61.2 Å². The van der Waals surface area contributed by atoms with Crippen LogP contribution >= 0.6 is 0 Å². The maximum absolute atomic E-state index is 5.56. The molecule has 3 rings (SSSR count). The number of hydrogen-bond acceptors (Lipinski definition) is 3. The average Bonchev–Trinajstić information content (AvgIpc) is 2.97. The predicted octanol–water partition coefficient (Wildman–Crippen LogP) is 3.22. The summed E-state index contributed by atoms with van der Waals surface area (Å²) >= 11 is 0. The van der Waals surface area contributed by atoms with Gasteiger partial charge in [0.25, 0.3) is 0 Å². The highest BCUT2D eigenvalue weighted by molar-refractivity contribution is 5.40. The van der Waals surface area contributed by atoms with Crippen molar-refractivity contribution in [2.75, 3.05) is 13.7 Å². The highest BCUT2D eigenvalue weighted by Crippen LogP contribution is 2.27. The first kappa shape index (κ1) is 14.1. The Morgan fingerprint density at radius 3 is 3.05 bits per heavy atom. The van der Waals surface area contributed by atoms with Gasteiger partial charge in [0, 0.05) is 24.9 Å². The number of hydrogen-bond donors (Lipinski definition) is 1. The van der Waals surface area contributed by atoms with Crippen LogP contribution in [0.1, 0.15) is 34.7 Å². The summed E-state index contributed by atoms with van der Waals surface area (Å²) in [5.41, 5.74) is 5.34. The molecule has 3 nitrogen and oxygen atoms in total. The van der Waals surface area contributed by atoms with Crippen molar-refractivity contribution in [1.82, 2.24) is 10.3 Å². The van der Waals surface area contributed by atoms with E-state index in [9.17, 15) is 0 Å². The third-order valence-corrected chi connectivity index (χ3v) is 4.28. The van der Waals surface area contributed by atoms with Gasteiger partial charge in [-0.1, -0.05) is 12.1 Å². The van der Waals surface area contributed by atoms with Crippen molar-refractivity contribution in [2.45, 2.75) is 32.2 Å². The molecule has 0 saturated carbocycles. The summed E-state index contributed by atoms with van der Waals surface area (Å²) in [5, 5.41) is 3.42. The Morgan fingerprint density at radius 1 is 1.33 bits per heavy atom. The van der Waals surface area contributed by atoms with E-state index in [1.807, 2.05) is 19.4 Å². The second kappa shape index (κ2) is 6.27. The largest absolute Gasteiger partial charge is 0.493 e. The van der Waals surface area contributed by atoms with Crippen molar-refractivity contribution in [1.29, 1.82) is 0 Å². The lowest BCUT2D eigenvalue weighted by molar-refractivity contribution is 0.357. The van der Waals surface area contributed by atoms with E-state index in [1.165, 1.54) is 22.3 Å². The third kappa shape index (κ3) is 3.08. The number of fused-ring (bicyclic) bond motifs is 1. The van der Waals surface area contributed by atoms with Gasteiger partial charge in [0.2, 0.25) is 0 Å². The minimum absolute atomic E-state index is 0.350. The molecule has 1 aromatic carbocycles. The Bertz CT molecular complexity index is 624. The second-order valence-electron chi connectivity index (χ2n) is 5.65. The number of rotatable bonds is 5. The van der Waals surface area contributed by atoms with Gasteiger partial charge in [-0.2, -0.15) is 0 Å². The molecule has 0 amide bonds. The van der Waals surface area contributed by atoms with Crippen LogP contribution in [0.4, 0.5) is 0 Å². The number of ether oxygens (including phenoxy) is 1. The van der Waals surface area contributed by atoms with E-state index < -0.39 is 0 Å². The molecule has 0 spiro atoms. The fourth-order valence-corrected chi connectivity index (χ4v) is 3.00. The van der Waals surface area contributed by atoms with E-state index in [0.29, 0.717) is 6.04 Å². The molecule has 0 fully saturated rings. The average molecular weight is 282 g/mol. The third-order valence-electron chi connectivity index (χ3n) is 4.28. The lowest BCUT2D eigenvalue weighted by atomic mass is 9.96. The fourth-order valence-electron chi connectivity index (χ4n) is 3.00. The van der Waals surface area contributed by atoms with Gasteiger partial charge in [-0.3, -0.25) is 4.98 Å². The summed E-state index contributed by atoms with van der Waals surface area (Å²) in [6, 6.07) is 9.02. The molecule has 1 N–H and O–H groups in total. The summed E-state index contributed by atoms with van der Waals surface area (Å²) in [6.45, 7) is 2.97. The minimum atomic E-state index is 0.350. The van der Waals surface area contributed by atoms with Gasteiger partial charge in [0.05, 0.1) is 6.61 Å². The van der Waals surface area contributed by atoms with Gasteiger partial charge in [-0.25, -0.2) is 0 Å². The summed E-state index contributed by atoms with van der Waals surface area (Å²) in [5.74, 6) is 1.06. The first-order valence-corrected chi connectivity index (χ1v) is 7.60. The van der Waals surface area contributed by atoms with Crippen LogP contribution in [0.5, 0.6) is 5.75 Å². The Balaban J connectivity index is 1.70. The van der Waals surface area contributed by atoms with E-state index in [2.05, 4.69) is 41.5 Å². The lowest BCUT2D eigenvalue weighted by Gasteiger charge is -2.18. The summed E-state index contributed by atoms with van der Waals surface area (Å²) < 4.78 is 5.56. The van der Waals surface area contributed by atoms with Crippen molar-refractivity contribution in [3.05, 3.63) is 58.9 Å². The van der Waals surface area contributed by atoms with E-state index in [1.54, 1.807) is 0 Å². The molecule has 1 aliphatic heterocycles. The first-order valence-electron chi connectivity index (χ1n) is 7.60. The molecule has 0 aliphatic carbocycles. The normalized spacial score (nSPS) is 14.6. The molecule has 0 bridgehead atoms.